The van der Waals surface area contributed by atoms with Crippen LogP contribution < -0.4 is 10.5 Å². The van der Waals surface area contributed by atoms with Crippen LogP contribution in [0.2, 0.25) is 0 Å². The molecule has 0 spiro atoms. The maximum Gasteiger partial charge on any atom is 0.255 e. The van der Waals surface area contributed by atoms with Crippen molar-refractivity contribution in [2.45, 2.75) is 13.5 Å². The molecule has 1 aliphatic rings. The van der Waals surface area contributed by atoms with E-state index in [1.54, 1.807) is 0 Å². The van der Waals surface area contributed by atoms with Crippen molar-refractivity contribution in [1.29, 1.82) is 0 Å². The number of anilines is 1. The minimum Gasteiger partial charge on any atom is -0.280 e. The van der Waals surface area contributed by atoms with Crippen LogP contribution in [0.5, 0.6) is 0 Å². The molecule has 1 amide bonds. The van der Waals surface area contributed by atoms with Gasteiger partial charge in [-0.15, -0.1) is 0 Å². The molecule has 0 saturated carbocycles. The van der Waals surface area contributed by atoms with Crippen LogP contribution in [0, 0.1) is 0 Å². The summed E-state index contributed by atoms with van der Waals surface area (Å²) in [6.07, 6.45) is 0. The monoisotopic (exact) mass is 255 g/mol. The van der Waals surface area contributed by atoms with Crippen molar-refractivity contribution >= 4 is 11.9 Å². The largest absolute Gasteiger partial charge is 0.280 e. The zero-order valence-corrected chi connectivity index (χ0v) is 10.5. The smallest absolute Gasteiger partial charge is 0.255 e. The number of amides is 1. The zero-order chi connectivity index (χ0) is 13.4. The lowest BCUT2D eigenvalue weighted by Crippen LogP contribution is -2.27. The van der Waals surface area contributed by atoms with Gasteiger partial charge in [0.15, 0.2) is 0 Å². The number of aromatic nitrogens is 2. The van der Waals surface area contributed by atoms with Gasteiger partial charge in [0, 0.05) is 31.6 Å². The summed E-state index contributed by atoms with van der Waals surface area (Å²) in [4.78, 5) is 29.6. The van der Waals surface area contributed by atoms with Gasteiger partial charge in [-0.1, -0.05) is 30.3 Å². The normalized spacial score (nSPS) is 13.4. The molecule has 0 bridgehead atoms. The number of hydrogen-bond acceptors (Lipinski definition) is 3. The van der Waals surface area contributed by atoms with E-state index in [1.807, 2.05) is 30.3 Å². The topological polar surface area (TPSA) is 55.2 Å². The highest BCUT2D eigenvalue weighted by atomic mass is 16.2. The maximum absolute atomic E-state index is 12.1. The minimum absolute atomic E-state index is 0.0941. The summed E-state index contributed by atoms with van der Waals surface area (Å²) in [6.45, 7) is 2.50. The van der Waals surface area contributed by atoms with E-state index < -0.39 is 0 Å². The Kier molecular flexibility index (Phi) is 2.67. The van der Waals surface area contributed by atoms with E-state index in [-0.39, 0.29) is 11.5 Å². The highest BCUT2D eigenvalue weighted by molar-refractivity contribution is 5.90. The molecule has 1 aliphatic heterocycles. The second-order valence-electron chi connectivity index (χ2n) is 4.47. The molecule has 96 valence electrons. The van der Waals surface area contributed by atoms with E-state index >= 15 is 0 Å². The van der Waals surface area contributed by atoms with E-state index in [2.05, 4.69) is 4.98 Å². The first-order valence-electron chi connectivity index (χ1n) is 6.12. The second-order valence-corrected chi connectivity index (χ2v) is 4.47. The number of nitrogens with zero attached hydrogens (tertiary/aromatic N) is 3. The van der Waals surface area contributed by atoms with Crippen LogP contribution in [0.1, 0.15) is 6.92 Å². The fourth-order valence-corrected chi connectivity index (χ4v) is 2.27. The van der Waals surface area contributed by atoms with Gasteiger partial charge < -0.3 is 0 Å². The van der Waals surface area contributed by atoms with Gasteiger partial charge in [-0.25, -0.2) is 4.98 Å². The molecule has 19 heavy (non-hydrogen) atoms. The Balaban J connectivity index is 2.16. The van der Waals surface area contributed by atoms with Gasteiger partial charge in [0.1, 0.15) is 0 Å². The van der Waals surface area contributed by atoms with Crippen molar-refractivity contribution in [3.05, 3.63) is 46.8 Å². The quantitative estimate of drug-likeness (QED) is 0.771. The van der Waals surface area contributed by atoms with Crippen molar-refractivity contribution in [3.8, 4) is 11.3 Å². The van der Waals surface area contributed by atoms with Crippen molar-refractivity contribution in [2.75, 3.05) is 11.4 Å². The molecule has 0 saturated heterocycles. The highest BCUT2D eigenvalue weighted by Gasteiger charge is 2.25. The average molecular weight is 255 g/mol. The third kappa shape index (κ3) is 1.93. The standard InChI is InChI=1S/C14H13N3O2/c1-10(18)16-7-8-17-13(19)9-12(15-14(16)17)11-5-3-2-4-6-11/h2-6,9H,7-8H2,1H3. The number of benzene rings is 1. The van der Waals surface area contributed by atoms with Crippen LogP contribution in [-0.2, 0) is 11.3 Å². The van der Waals surface area contributed by atoms with Crippen molar-refractivity contribution in [3.63, 3.8) is 0 Å². The Morgan fingerprint density at radius 1 is 1.21 bits per heavy atom. The lowest BCUT2D eigenvalue weighted by Gasteiger charge is -2.13. The molecular weight excluding hydrogens is 242 g/mol. The summed E-state index contributed by atoms with van der Waals surface area (Å²) in [5.74, 6) is 0.349. The zero-order valence-electron chi connectivity index (χ0n) is 10.5. The number of rotatable bonds is 1. The van der Waals surface area contributed by atoms with Gasteiger partial charge >= 0.3 is 0 Å². The number of carbonyl (C=O) groups excluding carboxylic acids is 1. The summed E-state index contributed by atoms with van der Waals surface area (Å²) in [5, 5.41) is 0. The summed E-state index contributed by atoms with van der Waals surface area (Å²) in [6, 6.07) is 11.0. The van der Waals surface area contributed by atoms with E-state index in [9.17, 15) is 9.59 Å². The Labute approximate surface area is 110 Å². The second kappa shape index (κ2) is 4.35. The molecule has 5 heteroatoms. The molecule has 1 aromatic heterocycles. The lowest BCUT2D eigenvalue weighted by atomic mass is 10.1. The SMILES string of the molecule is CC(=O)N1CCn2c1nc(-c1ccccc1)cc2=O. The van der Waals surface area contributed by atoms with Crippen molar-refractivity contribution < 1.29 is 4.79 Å². The molecule has 3 rings (SSSR count). The molecule has 0 radical (unpaired) electrons. The first kappa shape index (κ1) is 11.6. The van der Waals surface area contributed by atoms with E-state index in [1.165, 1.54) is 22.5 Å². The lowest BCUT2D eigenvalue weighted by molar-refractivity contribution is -0.116. The Hall–Kier alpha value is -2.43. The molecule has 5 nitrogen and oxygen atoms in total. The fraction of sp³-hybridized carbons (Fsp3) is 0.214. The van der Waals surface area contributed by atoms with Crippen LogP contribution >= 0.6 is 0 Å². The van der Waals surface area contributed by atoms with Crippen LogP contribution in [0.3, 0.4) is 0 Å². The van der Waals surface area contributed by atoms with Gasteiger partial charge in [-0.2, -0.15) is 0 Å². The molecule has 0 unspecified atom stereocenters. The van der Waals surface area contributed by atoms with Gasteiger partial charge in [-0.05, 0) is 0 Å². The van der Waals surface area contributed by atoms with Gasteiger partial charge in [0.05, 0.1) is 5.69 Å². The van der Waals surface area contributed by atoms with E-state index in [0.29, 0.717) is 24.7 Å². The number of hydrogen-bond donors (Lipinski definition) is 0. The molecule has 1 aromatic carbocycles. The van der Waals surface area contributed by atoms with Crippen molar-refractivity contribution in [1.82, 2.24) is 9.55 Å². The predicted molar refractivity (Wildman–Crippen MR) is 72.0 cm³/mol. The van der Waals surface area contributed by atoms with Gasteiger partial charge in [-0.3, -0.25) is 19.1 Å². The third-order valence-corrected chi connectivity index (χ3v) is 3.23. The van der Waals surface area contributed by atoms with Crippen LogP contribution in [-0.4, -0.2) is 22.0 Å². The molecule has 2 heterocycles. The first-order chi connectivity index (χ1) is 9.16. The Bertz CT molecular complexity index is 692. The summed E-state index contributed by atoms with van der Waals surface area (Å²) >= 11 is 0. The molecule has 0 aliphatic carbocycles. The summed E-state index contributed by atoms with van der Waals surface area (Å²) in [7, 11) is 0. The van der Waals surface area contributed by atoms with E-state index in [4.69, 9.17) is 0 Å². The van der Waals surface area contributed by atoms with Crippen LogP contribution in [0.4, 0.5) is 5.95 Å². The van der Waals surface area contributed by atoms with Crippen LogP contribution in [0.15, 0.2) is 41.2 Å². The van der Waals surface area contributed by atoms with Gasteiger partial charge in [0.25, 0.3) is 5.56 Å². The Morgan fingerprint density at radius 3 is 2.63 bits per heavy atom. The van der Waals surface area contributed by atoms with Crippen molar-refractivity contribution in [2.24, 2.45) is 0 Å². The molecule has 0 fully saturated rings. The fourth-order valence-electron chi connectivity index (χ4n) is 2.27. The molecule has 0 atom stereocenters. The number of fused-ring (bicyclic) bond motifs is 1. The molecular formula is C14H13N3O2. The molecule has 2 aromatic rings. The average Bonchev–Trinajstić information content (AvgIpc) is 2.84. The van der Waals surface area contributed by atoms with Gasteiger partial charge in [0.2, 0.25) is 11.9 Å². The highest BCUT2D eigenvalue weighted by Crippen LogP contribution is 2.21. The summed E-state index contributed by atoms with van der Waals surface area (Å²) in [5.41, 5.74) is 1.36. The minimum atomic E-state index is -0.118. The van der Waals surface area contributed by atoms with Crippen LogP contribution in [0.25, 0.3) is 11.3 Å². The third-order valence-electron chi connectivity index (χ3n) is 3.23. The number of carbonyl (C=O) groups is 1. The first-order valence-corrected chi connectivity index (χ1v) is 6.12. The Morgan fingerprint density at radius 2 is 1.95 bits per heavy atom. The summed E-state index contributed by atoms with van der Waals surface area (Å²) < 4.78 is 1.54. The predicted octanol–water partition coefficient (Wildman–Crippen LogP) is 1.28. The maximum atomic E-state index is 12.1. The van der Waals surface area contributed by atoms with E-state index in [0.717, 1.165) is 5.56 Å². The molecule has 0 N–H and O–H groups in total.